The van der Waals surface area contributed by atoms with Crippen molar-refractivity contribution >= 4 is 23.0 Å². The van der Waals surface area contributed by atoms with E-state index in [4.69, 9.17) is 5.73 Å². The molecule has 3 aromatic carbocycles. The molecule has 0 radical (unpaired) electrons. The van der Waals surface area contributed by atoms with Gasteiger partial charge in [-0.2, -0.15) is 5.10 Å². The minimum Gasteiger partial charge on any atom is -1.00 e. The standard InChI is InChI=1S/C26H21N5O3.Li.H/c27-26-28-22-9-1-2-10-23(22)30(26)15-17-5-3-7-19(13-17)21-11-12-24(32)31(29-21)16-18-6-4-8-20(14-18)25(33)34;;/h1-14H,15-16H2,(H2,27,28)(H,33,34);;/q;+1;-1. The molecule has 0 unspecified atom stereocenters. The van der Waals surface area contributed by atoms with Gasteiger partial charge in [0, 0.05) is 11.6 Å². The normalized spacial score (nSPS) is 10.7. The van der Waals surface area contributed by atoms with Crippen LogP contribution in [-0.2, 0) is 13.1 Å². The van der Waals surface area contributed by atoms with Crippen LogP contribution in [-0.4, -0.2) is 30.4 Å². The number of aromatic nitrogens is 4. The molecule has 0 aliphatic carbocycles. The topological polar surface area (TPSA) is 116 Å². The summed E-state index contributed by atoms with van der Waals surface area (Å²) >= 11 is 0. The first-order chi connectivity index (χ1) is 16.5. The largest absolute Gasteiger partial charge is 1.00 e. The predicted octanol–water partition coefficient (Wildman–Crippen LogP) is 0.753. The van der Waals surface area contributed by atoms with Gasteiger partial charge in [-0.1, -0.05) is 42.5 Å². The molecule has 0 amide bonds. The smallest absolute Gasteiger partial charge is 1.00 e. The first kappa shape index (κ1) is 24.0. The molecular weight excluding hydrogens is 437 g/mol. The molecule has 35 heavy (non-hydrogen) atoms. The molecule has 5 rings (SSSR count). The molecule has 0 bridgehead atoms. The molecule has 0 atom stereocenters. The number of carbonyl (C=O) groups is 1. The van der Waals surface area contributed by atoms with Crippen LogP contribution >= 0.6 is 0 Å². The van der Waals surface area contributed by atoms with Gasteiger partial charge in [0.1, 0.15) is 0 Å². The molecule has 0 saturated heterocycles. The number of anilines is 1. The zero-order chi connectivity index (χ0) is 23.7. The number of aromatic carboxylic acids is 1. The van der Waals surface area contributed by atoms with E-state index in [1.165, 1.54) is 16.8 Å². The molecule has 0 saturated carbocycles. The Morgan fingerprint density at radius 3 is 2.46 bits per heavy atom. The van der Waals surface area contributed by atoms with Gasteiger partial charge in [-0.25, -0.2) is 14.5 Å². The summed E-state index contributed by atoms with van der Waals surface area (Å²) in [4.78, 5) is 28.1. The average molecular weight is 459 g/mol. The molecule has 3 N–H and O–H groups in total. The van der Waals surface area contributed by atoms with Crippen molar-refractivity contribution in [3.63, 3.8) is 0 Å². The Morgan fingerprint density at radius 2 is 1.66 bits per heavy atom. The maximum atomic E-state index is 12.4. The number of hydrogen-bond acceptors (Lipinski definition) is 5. The third kappa shape index (κ3) is 5.04. The van der Waals surface area contributed by atoms with E-state index in [1.54, 1.807) is 24.3 Å². The van der Waals surface area contributed by atoms with E-state index in [9.17, 15) is 14.7 Å². The van der Waals surface area contributed by atoms with Crippen molar-refractivity contribution in [2.24, 2.45) is 0 Å². The summed E-state index contributed by atoms with van der Waals surface area (Å²) in [6.07, 6.45) is 0. The molecule has 0 aliphatic rings. The van der Waals surface area contributed by atoms with E-state index < -0.39 is 5.97 Å². The van der Waals surface area contributed by atoms with Crippen LogP contribution in [0.4, 0.5) is 5.95 Å². The van der Waals surface area contributed by atoms with Crippen LogP contribution in [0.1, 0.15) is 22.9 Å². The van der Waals surface area contributed by atoms with Crippen LogP contribution in [0.25, 0.3) is 22.3 Å². The van der Waals surface area contributed by atoms with E-state index in [0.29, 0.717) is 23.8 Å². The van der Waals surface area contributed by atoms with Crippen LogP contribution in [0, 0.1) is 0 Å². The van der Waals surface area contributed by atoms with Crippen molar-refractivity contribution < 1.29 is 30.2 Å². The van der Waals surface area contributed by atoms with Gasteiger partial charge in [0.05, 0.1) is 35.4 Å². The zero-order valence-corrected chi connectivity index (χ0v) is 19.1. The summed E-state index contributed by atoms with van der Waals surface area (Å²) < 4.78 is 3.29. The third-order valence-electron chi connectivity index (χ3n) is 5.62. The Morgan fingerprint density at radius 1 is 0.914 bits per heavy atom. The number of fused-ring (bicyclic) bond motifs is 1. The number of nitrogens with two attached hydrogens (primary N) is 1. The molecule has 8 nitrogen and oxygen atoms in total. The molecule has 0 fully saturated rings. The summed E-state index contributed by atoms with van der Waals surface area (Å²) in [5, 5.41) is 13.7. The van der Waals surface area contributed by atoms with Crippen molar-refractivity contribution in [2.45, 2.75) is 13.1 Å². The van der Waals surface area contributed by atoms with E-state index in [-0.39, 0.29) is 38.0 Å². The third-order valence-corrected chi connectivity index (χ3v) is 5.62. The molecule has 170 valence electrons. The monoisotopic (exact) mass is 459 g/mol. The number of hydrogen-bond donors (Lipinski definition) is 2. The van der Waals surface area contributed by atoms with Crippen LogP contribution in [0.5, 0.6) is 0 Å². The van der Waals surface area contributed by atoms with Crippen molar-refractivity contribution in [1.29, 1.82) is 0 Å². The average Bonchev–Trinajstić information content (AvgIpc) is 3.16. The van der Waals surface area contributed by atoms with Gasteiger partial charge in [-0.3, -0.25) is 4.79 Å². The van der Waals surface area contributed by atoms with Gasteiger partial charge in [0.2, 0.25) is 5.95 Å². The minimum absolute atomic E-state index is 0. The summed E-state index contributed by atoms with van der Waals surface area (Å²) in [5.74, 6) is -0.569. The second-order valence-electron chi connectivity index (χ2n) is 7.97. The molecule has 0 aliphatic heterocycles. The number of rotatable bonds is 6. The minimum atomic E-state index is -1.01. The van der Waals surface area contributed by atoms with Gasteiger partial charge in [0.15, 0.2) is 0 Å². The number of para-hydroxylation sites is 2. The van der Waals surface area contributed by atoms with E-state index in [2.05, 4.69) is 10.1 Å². The van der Waals surface area contributed by atoms with Crippen LogP contribution in [0.15, 0.2) is 89.7 Å². The number of nitrogen functional groups attached to an aromatic ring is 1. The molecule has 9 heteroatoms. The number of carboxylic acid groups (broad SMARTS) is 1. The summed E-state index contributed by atoms with van der Waals surface area (Å²) in [5.41, 5.74) is 11.1. The Balaban J connectivity index is 0.00000180. The zero-order valence-electron chi connectivity index (χ0n) is 20.1. The number of imidazole rings is 1. The number of benzene rings is 3. The SMILES string of the molecule is Nc1nc2ccccc2n1Cc1cccc(-c2ccc(=O)n(Cc3cccc(C(=O)O)c3)n2)c1.[H-].[Li+]. The molecule has 0 spiro atoms. The fourth-order valence-electron chi connectivity index (χ4n) is 3.96. The number of nitrogens with zero attached hydrogens (tertiary/aromatic N) is 4. The Kier molecular flexibility index (Phi) is 6.87. The fraction of sp³-hybridized carbons (Fsp3) is 0.0769. The molecular formula is C26H22LiN5O3. The Labute approximate surface area is 214 Å². The quantitative estimate of drug-likeness (QED) is 0.362. The second-order valence-corrected chi connectivity index (χ2v) is 7.97. The first-order valence-corrected chi connectivity index (χ1v) is 10.7. The van der Waals surface area contributed by atoms with Crippen LogP contribution in [0.3, 0.4) is 0 Å². The number of carboxylic acids is 1. The fourth-order valence-corrected chi connectivity index (χ4v) is 3.96. The van der Waals surface area contributed by atoms with Crippen LogP contribution < -0.4 is 30.2 Å². The molecule has 2 heterocycles. The summed E-state index contributed by atoms with van der Waals surface area (Å²) in [6.45, 7) is 0.715. The van der Waals surface area contributed by atoms with E-state index >= 15 is 0 Å². The Hall–Kier alpha value is -4.12. The van der Waals surface area contributed by atoms with Gasteiger partial charge >= 0.3 is 24.8 Å². The van der Waals surface area contributed by atoms with E-state index in [0.717, 1.165) is 22.2 Å². The van der Waals surface area contributed by atoms with Crippen molar-refractivity contribution in [3.8, 4) is 11.3 Å². The maximum Gasteiger partial charge on any atom is 1.00 e. The predicted molar refractivity (Wildman–Crippen MR) is 131 cm³/mol. The van der Waals surface area contributed by atoms with Gasteiger partial charge in [-0.05, 0) is 47.5 Å². The van der Waals surface area contributed by atoms with Gasteiger partial charge in [0.25, 0.3) is 5.56 Å². The maximum absolute atomic E-state index is 12.4. The Bertz CT molecular complexity index is 1600. The molecule has 2 aromatic heterocycles. The van der Waals surface area contributed by atoms with E-state index in [1.807, 2.05) is 53.1 Å². The van der Waals surface area contributed by atoms with Crippen LogP contribution in [0.2, 0.25) is 0 Å². The molecule has 5 aromatic rings. The summed E-state index contributed by atoms with van der Waals surface area (Å²) in [7, 11) is 0. The van der Waals surface area contributed by atoms with Gasteiger partial charge < -0.3 is 16.8 Å². The van der Waals surface area contributed by atoms with Crippen molar-refractivity contribution in [1.82, 2.24) is 19.3 Å². The summed E-state index contributed by atoms with van der Waals surface area (Å²) in [6, 6.07) is 25.3. The van der Waals surface area contributed by atoms with Crippen molar-refractivity contribution in [2.75, 3.05) is 5.73 Å². The second kappa shape index (κ2) is 10.0. The van der Waals surface area contributed by atoms with Crippen molar-refractivity contribution in [3.05, 3.63) is 112 Å². The first-order valence-electron chi connectivity index (χ1n) is 10.7. The van der Waals surface area contributed by atoms with Gasteiger partial charge in [-0.15, -0.1) is 0 Å².